The molecule has 0 saturated heterocycles. The molecule has 7 atom stereocenters. The van der Waals surface area contributed by atoms with E-state index in [1.165, 1.54) is 50.5 Å². The summed E-state index contributed by atoms with van der Waals surface area (Å²) in [7, 11) is 0. The Morgan fingerprint density at radius 2 is 1.78 bits per heavy atom. The maximum atomic E-state index is 13.0. The molecule has 2 heteroatoms. The summed E-state index contributed by atoms with van der Waals surface area (Å²) in [4.78, 5) is 13.0. The molecule has 32 heavy (non-hydrogen) atoms. The van der Waals surface area contributed by atoms with Crippen molar-refractivity contribution in [2.75, 3.05) is 0 Å². The number of ketones is 1. The fraction of sp³-hybridized carbons (Fsp3) is 0.833. The van der Waals surface area contributed by atoms with Crippen molar-refractivity contribution in [1.82, 2.24) is 0 Å². The highest BCUT2D eigenvalue weighted by atomic mass is 16.2. The quantitative estimate of drug-likeness (QED) is 0.265. The first-order valence-electron chi connectivity index (χ1n) is 13.6. The second-order valence-electron chi connectivity index (χ2n) is 13.5. The molecule has 0 heterocycles. The van der Waals surface area contributed by atoms with Crippen molar-refractivity contribution in [1.29, 1.82) is 0 Å². The normalized spacial score (nSPS) is 42.9. The summed E-state index contributed by atoms with van der Waals surface area (Å²) in [6.07, 6.45) is 15.0. The van der Waals surface area contributed by atoms with Crippen molar-refractivity contribution in [3.8, 4) is 0 Å². The van der Waals surface area contributed by atoms with E-state index in [9.17, 15) is 9.90 Å². The molecular formula is C30H48O2. The summed E-state index contributed by atoms with van der Waals surface area (Å²) in [5, 5.41) is 9.88. The third-order valence-electron chi connectivity index (χ3n) is 10.9. The minimum Gasteiger partial charge on any atom is -0.515 e. The average Bonchev–Trinajstić information content (AvgIpc) is 3.08. The molecule has 0 aliphatic heterocycles. The number of aliphatic hydroxyl groups excluding tert-OH is 1. The van der Waals surface area contributed by atoms with E-state index in [-0.39, 0.29) is 11.2 Å². The molecule has 3 fully saturated rings. The van der Waals surface area contributed by atoms with Gasteiger partial charge in [-0.05, 0) is 98.7 Å². The van der Waals surface area contributed by atoms with Crippen LogP contribution in [0.4, 0.5) is 0 Å². The highest BCUT2D eigenvalue weighted by Crippen LogP contribution is 2.69. The average molecular weight is 441 g/mol. The van der Waals surface area contributed by atoms with Crippen molar-refractivity contribution in [3.63, 3.8) is 0 Å². The standard InChI is InChI=1S/C30H48O2/c1-19(2)9-8-10-20(3)23-12-13-24-22-11-14-26-28(4,5)27(32)21(18-31)17-30(26,7)25(22)15-16-29(23,24)6/h14,18-20,22-25,31H,8-13,15-17H2,1-7H3/t20-,22+,23-,24+,25+,29-,30-/m1/s1. The summed E-state index contributed by atoms with van der Waals surface area (Å²) < 4.78 is 0. The van der Waals surface area contributed by atoms with Crippen LogP contribution >= 0.6 is 0 Å². The van der Waals surface area contributed by atoms with Crippen LogP contribution in [0.3, 0.4) is 0 Å². The van der Waals surface area contributed by atoms with Crippen LogP contribution in [0.1, 0.15) is 106 Å². The first-order chi connectivity index (χ1) is 15.0. The van der Waals surface area contributed by atoms with Gasteiger partial charge in [-0.3, -0.25) is 4.79 Å². The van der Waals surface area contributed by atoms with Crippen LogP contribution in [0.5, 0.6) is 0 Å². The number of carbonyl (C=O) groups is 1. The van der Waals surface area contributed by atoms with Gasteiger partial charge in [0.2, 0.25) is 0 Å². The second-order valence-corrected chi connectivity index (χ2v) is 13.5. The number of hydrogen-bond donors (Lipinski definition) is 1. The van der Waals surface area contributed by atoms with E-state index in [4.69, 9.17) is 0 Å². The second kappa shape index (κ2) is 8.31. The topological polar surface area (TPSA) is 37.3 Å². The van der Waals surface area contributed by atoms with Gasteiger partial charge in [0.25, 0.3) is 0 Å². The smallest absolute Gasteiger partial charge is 0.171 e. The van der Waals surface area contributed by atoms with E-state index in [1.807, 2.05) is 0 Å². The van der Waals surface area contributed by atoms with Gasteiger partial charge in [-0.15, -0.1) is 0 Å². The van der Waals surface area contributed by atoms with Crippen molar-refractivity contribution in [3.05, 3.63) is 23.5 Å². The minimum absolute atomic E-state index is 0.0111. The molecular weight excluding hydrogens is 392 g/mol. The van der Waals surface area contributed by atoms with Crippen LogP contribution in [-0.2, 0) is 4.79 Å². The molecule has 180 valence electrons. The number of Topliss-reactive ketones (excluding diaryl/α,β-unsaturated/α-hetero) is 1. The minimum atomic E-state index is -0.490. The number of rotatable bonds is 5. The van der Waals surface area contributed by atoms with Crippen molar-refractivity contribution >= 4 is 5.78 Å². The van der Waals surface area contributed by atoms with Crippen LogP contribution in [0.15, 0.2) is 23.5 Å². The molecule has 0 amide bonds. The van der Waals surface area contributed by atoms with Crippen LogP contribution in [-0.4, -0.2) is 10.9 Å². The van der Waals surface area contributed by atoms with Gasteiger partial charge in [0.1, 0.15) is 0 Å². The molecule has 2 nitrogen and oxygen atoms in total. The highest BCUT2D eigenvalue weighted by Gasteiger charge is 2.61. The van der Waals surface area contributed by atoms with Gasteiger partial charge in [0, 0.05) is 11.0 Å². The number of fused-ring (bicyclic) bond motifs is 5. The van der Waals surface area contributed by atoms with Crippen LogP contribution in [0.2, 0.25) is 0 Å². The lowest BCUT2D eigenvalue weighted by Gasteiger charge is -2.60. The van der Waals surface area contributed by atoms with Crippen molar-refractivity contribution in [2.24, 2.45) is 51.8 Å². The van der Waals surface area contributed by atoms with Crippen LogP contribution in [0, 0.1) is 51.8 Å². The number of hydrogen-bond acceptors (Lipinski definition) is 2. The zero-order valence-corrected chi connectivity index (χ0v) is 21.8. The van der Waals surface area contributed by atoms with Crippen LogP contribution < -0.4 is 0 Å². The van der Waals surface area contributed by atoms with E-state index in [1.54, 1.807) is 0 Å². The molecule has 0 radical (unpaired) electrons. The predicted molar refractivity (Wildman–Crippen MR) is 133 cm³/mol. The van der Waals surface area contributed by atoms with Gasteiger partial charge in [0.15, 0.2) is 5.78 Å². The van der Waals surface area contributed by atoms with E-state index in [0.29, 0.717) is 16.9 Å². The molecule has 0 aromatic heterocycles. The number of aliphatic hydroxyl groups is 1. The van der Waals surface area contributed by atoms with Gasteiger partial charge in [-0.1, -0.05) is 65.5 Å². The summed E-state index contributed by atoms with van der Waals surface area (Å²) in [6, 6.07) is 0. The highest BCUT2D eigenvalue weighted by molar-refractivity contribution is 6.03. The summed E-state index contributed by atoms with van der Waals surface area (Å²) in [5.74, 6) is 4.83. The molecule has 4 aliphatic rings. The summed E-state index contributed by atoms with van der Waals surface area (Å²) >= 11 is 0. The molecule has 0 bridgehead atoms. The Morgan fingerprint density at radius 1 is 1.06 bits per heavy atom. The van der Waals surface area contributed by atoms with E-state index >= 15 is 0 Å². The van der Waals surface area contributed by atoms with Crippen molar-refractivity contribution < 1.29 is 9.90 Å². The van der Waals surface area contributed by atoms with Crippen molar-refractivity contribution in [2.45, 2.75) is 106 Å². The molecule has 3 saturated carbocycles. The maximum Gasteiger partial charge on any atom is 0.171 e. The lowest BCUT2D eigenvalue weighted by Crippen LogP contribution is -2.54. The zero-order valence-electron chi connectivity index (χ0n) is 21.8. The molecule has 4 aliphatic carbocycles. The first-order valence-corrected chi connectivity index (χ1v) is 13.6. The van der Waals surface area contributed by atoms with Gasteiger partial charge in [0.05, 0.1) is 6.26 Å². The molecule has 1 N–H and O–H groups in total. The van der Waals surface area contributed by atoms with Crippen LogP contribution in [0.25, 0.3) is 0 Å². The predicted octanol–water partition coefficient (Wildman–Crippen LogP) is 8.28. The lowest BCUT2D eigenvalue weighted by atomic mass is 9.44. The molecule has 4 rings (SSSR count). The molecule has 0 aromatic carbocycles. The molecule has 0 aromatic rings. The Balaban J connectivity index is 1.59. The number of carbonyl (C=O) groups excluding carboxylic acids is 1. The largest absolute Gasteiger partial charge is 0.515 e. The van der Waals surface area contributed by atoms with E-state index in [2.05, 4.69) is 54.5 Å². The Labute approximate surface area is 197 Å². The Bertz CT molecular complexity index is 802. The maximum absolute atomic E-state index is 13.0. The summed E-state index contributed by atoms with van der Waals surface area (Å²) in [5.41, 5.74) is 2.01. The van der Waals surface area contributed by atoms with Gasteiger partial charge in [-0.25, -0.2) is 0 Å². The monoisotopic (exact) mass is 440 g/mol. The number of allylic oxidation sites excluding steroid dienone is 3. The molecule has 0 spiro atoms. The third-order valence-corrected chi connectivity index (χ3v) is 10.9. The van der Waals surface area contributed by atoms with E-state index < -0.39 is 5.41 Å². The Kier molecular flexibility index (Phi) is 6.26. The summed E-state index contributed by atoms with van der Waals surface area (Å²) in [6.45, 7) is 16.5. The van der Waals surface area contributed by atoms with Gasteiger partial charge < -0.3 is 5.11 Å². The Morgan fingerprint density at radius 3 is 2.44 bits per heavy atom. The Hall–Kier alpha value is -1.05. The van der Waals surface area contributed by atoms with Gasteiger partial charge in [-0.2, -0.15) is 0 Å². The lowest BCUT2D eigenvalue weighted by molar-refractivity contribution is -0.126. The zero-order chi connectivity index (χ0) is 23.5. The fourth-order valence-electron chi connectivity index (χ4n) is 9.42. The SMILES string of the molecule is CC(C)CCC[C@@H](C)[C@H]1CC[C@H]2[C@@H]3CC=C4C(C)(C)C(=O)C(=CO)C[C@]4(C)[C@H]3CC[C@]12C. The van der Waals surface area contributed by atoms with Gasteiger partial charge >= 0.3 is 0 Å². The third kappa shape index (κ3) is 3.54. The fourth-order valence-corrected chi connectivity index (χ4v) is 9.42. The van der Waals surface area contributed by atoms with E-state index in [0.717, 1.165) is 48.7 Å². The molecule has 0 unspecified atom stereocenters. The first kappa shape index (κ1) is 24.1.